The highest BCUT2D eigenvalue weighted by molar-refractivity contribution is 5.98. The molecule has 8 heterocycles. The number of aryl methyl sites for hydroxylation is 4. The Morgan fingerprint density at radius 3 is 1.53 bits per heavy atom. The molecule has 4 amide bonds. The van der Waals surface area contributed by atoms with Crippen LogP contribution in [0.4, 0.5) is 20.2 Å². The number of nitrogens with zero attached hydrogens (tertiary/aromatic N) is 8. The lowest BCUT2D eigenvalue weighted by molar-refractivity contribution is -0.131. The minimum Gasteiger partial charge on any atom is -0.381 e. The number of pyridine rings is 2. The number of carbonyl (C=O) groups excluding carboxylic acids is 5. The van der Waals surface area contributed by atoms with Gasteiger partial charge in [0.15, 0.2) is 11.3 Å². The molecular weight excluding hydrogens is 1310 g/mol. The molecule has 0 aliphatic carbocycles. The first-order chi connectivity index (χ1) is 49.5. The molecule has 8 N–H and O–H groups in total. The molecule has 0 spiro atoms. The highest BCUT2D eigenvalue weighted by Crippen LogP contribution is 2.34. The van der Waals surface area contributed by atoms with Crippen molar-refractivity contribution in [2.24, 2.45) is 0 Å². The SMILES string of the molecule is C.CCc1nc2c(cnn2CC)c(NC2CCOCC2)c1CNC(=O)CC(=O)NCc1ccc(F)c(-c2cccc(C=O)c2)c1.CCc1nc2c(cnn2CC)c(NC2CCOCC2)c1CNC(=O)CC(=O)NCc1ccc(F)c(-c2cccc(CN3CCN[C@@H](C)C3)c2)c1.C[C@H]1CNCCN1C. The molecule has 12 rings (SSSR count). The maximum atomic E-state index is 15.0. The van der Waals surface area contributed by atoms with Gasteiger partial charge in [-0.05, 0) is 137 Å². The monoisotopic (exact) mass is 1410 g/mol. The van der Waals surface area contributed by atoms with Gasteiger partial charge in [-0.25, -0.2) is 28.1 Å². The largest absolute Gasteiger partial charge is 0.381 e. The Labute approximate surface area is 603 Å². The zero-order valence-corrected chi connectivity index (χ0v) is 60.0. The fourth-order valence-electron chi connectivity index (χ4n) is 13.3. The van der Waals surface area contributed by atoms with Gasteiger partial charge in [-0.15, -0.1) is 0 Å². The molecule has 4 aliphatic rings. The Bertz CT molecular complexity index is 4160. The first-order valence-electron chi connectivity index (χ1n) is 36.1. The van der Waals surface area contributed by atoms with Crippen LogP contribution in [0.15, 0.2) is 97.3 Å². The van der Waals surface area contributed by atoms with E-state index in [2.05, 4.69) is 89.5 Å². The number of hydrogen-bond donors (Lipinski definition) is 8. The number of aromatic nitrogens is 6. The number of carbonyl (C=O) groups is 5. The van der Waals surface area contributed by atoms with Crippen LogP contribution in [0, 0.1) is 11.6 Å². The van der Waals surface area contributed by atoms with Crippen molar-refractivity contribution in [1.29, 1.82) is 0 Å². The van der Waals surface area contributed by atoms with E-state index >= 15 is 4.39 Å². The van der Waals surface area contributed by atoms with Crippen molar-refractivity contribution in [3.63, 3.8) is 0 Å². The van der Waals surface area contributed by atoms with Crippen molar-refractivity contribution in [3.05, 3.63) is 154 Å². The summed E-state index contributed by atoms with van der Waals surface area (Å²) in [4.78, 5) is 77.2. The summed E-state index contributed by atoms with van der Waals surface area (Å²) in [5.41, 5.74) is 12.1. The third kappa shape index (κ3) is 21.3. The number of halogens is 2. The number of benzene rings is 4. The van der Waals surface area contributed by atoms with Crippen molar-refractivity contribution in [2.75, 3.05) is 83.4 Å². The number of fused-ring (bicyclic) bond motifs is 2. The van der Waals surface area contributed by atoms with Gasteiger partial charge in [-0.2, -0.15) is 10.2 Å². The molecule has 0 bridgehead atoms. The van der Waals surface area contributed by atoms with E-state index in [1.165, 1.54) is 18.7 Å². The molecule has 4 saturated heterocycles. The third-order valence-corrected chi connectivity index (χ3v) is 19.2. The molecule has 0 saturated carbocycles. The molecule has 552 valence electrons. The minimum absolute atomic E-state index is 0. The maximum Gasteiger partial charge on any atom is 0.229 e. The van der Waals surface area contributed by atoms with Gasteiger partial charge in [0.2, 0.25) is 23.6 Å². The van der Waals surface area contributed by atoms with Crippen LogP contribution in [0.1, 0.15) is 137 Å². The number of nitrogens with one attached hydrogen (secondary N) is 8. The van der Waals surface area contributed by atoms with Gasteiger partial charge in [0, 0.05) is 175 Å². The molecule has 0 unspecified atom stereocenters. The lowest BCUT2D eigenvalue weighted by Gasteiger charge is -2.31. The summed E-state index contributed by atoms with van der Waals surface area (Å²) >= 11 is 0. The average molecular weight is 1420 g/mol. The molecular formula is C78H104F2N16O7. The van der Waals surface area contributed by atoms with E-state index in [4.69, 9.17) is 19.4 Å². The standard InChI is InChI=1S/C38H49FN8O3.C33H37FN6O4.C6H14N2.CH4/c1-4-34-31(37(44-29-11-15-50-16-12-29)32-22-43-47(5-2)38(32)45-34)21-42-36(49)19-35(48)41-20-26-9-10-33(39)30(18-26)28-8-6-7-27(17-28)24-46-14-13-40-25(3)23-46;1-3-29-26(32(38-24-10-12-44-13-11-24)27-19-37-40(4-2)33(27)39-29)18-36-31(43)16-30(42)35-17-21-8-9-28(34)25(15-21)23-7-5-6-22(14-23)20-41;1-6-5-7-3-4-8(6)2;/h6-10,17-18,22,25,29,40H,4-5,11-16,19-21,23-24H2,1-3H3,(H,41,48)(H,42,49)(H,44,45);5-9,14-15,19-20,24H,3-4,10-13,16-18H2,1-2H3,(H,35,42)(H,36,43)(H,38,39);6-7H,3-5H2,1-2H3;1H4/t25-;;6-;/m0.0./s1. The highest BCUT2D eigenvalue weighted by Gasteiger charge is 2.26. The quantitative estimate of drug-likeness (QED) is 0.0195. The average Bonchev–Trinajstić information content (AvgIpc) is 1.71. The Kier molecular flexibility index (Phi) is 29.1. The highest BCUT2D eigenvalue weighted by atomic mass is 19.1. The first kappa shape index (κ1) is 78.0. The van der Waals surface area contributed by atoms with Gasteiger partial charge in [0.1, 0.15) is 30.8 Å². The topological polar surface area (TPSA) is 268 Å². The van der Waals surface area contributed by atoms with Crippen LogP contribution in [0.5, 0.6) is 0 Å². The van der Waals surface area contributed by atoms with E-state index in [1.807, 2.05) is 67.7 Å². The number of piperazine rings is 2. The van der Waals surface area contributed by atoms with Crippen LogP contribution in [0.3, 0.4) is 0 Å². The number of ether oxygens (including phenoxy) is 2. The van der Waals surface area contributed by atoms with Gasteiger partial charge >= 0.3 is 0 Å². The van der Waals surface area contributed by atoms with Crippen LogP contribution in [-0.4, -0.2) is 166 Å². The van der Waals surface area contributed by atoms with Crippen molar-refractivity contribution >= 4 is 63.4 Å². The Balaban J connectivity index is 0.000000215. The molecule has 4 aromatic carbocycles. The fourth-order valence-corrected chi connectivity index (χ4v) is 13.3. The van der Waals surface area contributed by atoms with Crippen LogP contribution in [-0.2, 0) is 87.3 Å². The first-order valence-corrected chi connectivity index (χ1v) is 36.1. The fraction of sp³-hybridized carbons (Fsp3) is 0.474. The van der Waals surface area contributed by atoms with Crippen molar-refractivity contribution < 1.29 is 42.2 Å². The molecule has 0 radical (unpaired) electrons. The second-order valence-corrected chi connectivity index (χ2v) is 26.6. The van der Waals surface area contributed by atoms with Gasteiger partial charge in [0.05, 0.1) is 34.5 Å². The number of anilines is 2. The summed E-state index contributed by atoms with van der Waals surface area (Å²) < 4.78 is 44.4. The van der Waals surface area contributed by atoms with E-state index in [0.29, 0.717) is 92.5 Å². The normalized spacial score (nSPS) is 16.7. The molecule has 25 heteroatoms. The number of hydrogen-bond acceptors (Lipinski definition) is 17. The molecule has 8 aromatic rings. The predicted molar refractivity (Wildman–Crippen MR) is 400 cm³/mol. The van der Waals surface area contributed by atoms with Gasteiger partial charge < -0.3 is 56.9 Å². The van der Waals surface area contributed by atoms with Crippen LogP contribution < -0.4 is 42.5 Å². The molecule has 2 atom stereocenters. The second kappa shape index (κ2) is 38.4. The molecule has 103 heavy (non-hydrogen) atoms. The van der Waals surface area contributed by atoms with E-state index in [0.717, 1.165) is 144 Å². The molecule has 4 fully saturated rings. The van der Waals surface area contributed by atoms with Gasteiger partial charge in [-0.1, -0.05) is 69.8 Å². The Hall–Kier alpha value is -9.11. The minimum atomic E-state index is -0.453. The summed E-state index contributed by atoms with van der Waals surface area (Å²) in [5.74, 6) is -2.42. The van der Waals surface area contributed by atoms with E-state index in [-0.39, 0.29) is 70.3 Å². The summed E-state index contributed by atoms with van der Waals surface area (Å²) in [7, 11) is 2.17. The summed E-state index contributed by atoms with van der Waals surface area (Å²) in [6, 6.07) is 25.7. The molecule has 4 aromatic heterocycles. The Morgan fingerprint density at radius 2 is 1.09 bits per heavy atom. The van der Waals surface area contributed by atoms with Gasteiger partial charge in [-0.3, -0.25) is 28.9 Å². The van der Waals surface area contributed by atoms with Crippen LogP contribution in [0.2, 0.25) is 0 Å². The van der Waals surface area contributed by atoms with E-state index in [1.54, 1.807) is 48.5 Å². The number of rotatable bonds is 25. The van der Waals surface area contributed by atoms with Crippen molar-refractivity contribution in [3.8, 4) is 22.3 Å². The Morgan fingerprint density at radius 1 is 0.602 bits per heavy atom. The summed E-state index contributed by atoms with van der Waals surface area (Å²) in [6.45, 7) is 24.7. The lowest BCUT2D eigenvalue weighted by Crippen LogP contribution is -2.48. The smallest absolute Gasteiger partial charge is 0.229 e. The van der Waals surface area contributed by atoms with Crippen molar-refractivity contribution in [1.82, 2.24) is 71.2 Å². The van der Waals surface area contributed by atoms with Crippen LogP contribution in [0.25, 0.3) is 44.3 Å². The van der Waals surface area contributed by atoms with Crippen LogP contribution >= 0.6 is 0 Å². The zero-order chi connectivity index (χ0) is 72.1. The second-order valence-electron chi connectivity index (χ2n) is 26.6. The third-order valence-electron chi connectivity index (χ3n) is 19.2. The number of amides is 4. The van der Waals surface area contributed by atoms with E-state index in [9.17, 15) is 28.4 Å². The van der Waals surface area contributed by atoms with E-state index < -0.39 is 23.5 Å². The lowest BCUT2D eigenvalue weighted by atomic mass is 10.00. The van der Waals surface area contributed by atoms with Gasteiger partial charge in [0.25, 0.3) is 0 Å². The number of aldehydes is 1. The van der Waals surface area contributed by atoms with Crippen molar-refractivity contribution in [2.45, 2.75) is 170 Å². The molecule has 23 nitrogen and oxygen atoms in total. The predicted octanol–water partition coefficient (Wildman–Crippen LogP) is 9.62. The summed E-state index contributed by atoms with van der Waals surface area (Å²) in [6.07, 6.45) is 8.53. The maximum absolute atomic E-state index is 15.0. The molecule has 4 aliphatic heterocycles. The summed E-state index contributed by atoms with van der Waals surface area (Å²) in [5, 5.41) is 36.5. The number of likely N-dealkylation sites (N-methyl/N-ethyl adjacent to an activating group) is 1. The zero-order valence-electron chi connectivity index (χ0n) is 60.0.